The minimum Gasteiger partial charge on any atom is -0.378 e. The summed E-state index contributed by atoms with van der Waals surface area (Å²) in [7, 11) is 3.95. The quantitative estimate of drug-likeness (QED) is 0.218. The monoisotopic (exact) mass is 461 g/mol. The maximum atomic E-state index is 13.3. The van der Waals surface area contributed by atoms with Gasteiger partial charge < -0.3 is 4.90 Å². The number of nitrogens with zero attached hydrogens (tertiary/aromatic N) is 5. The van der Waals surface area contributed by atoms with Crippen molar-refractivity contribution < 1.29 is 9.31 Å². The summed E-state index contributed by atoms with van der Waals surface area (Å²) in [6.45, 7) is 0. The summed E-state index contributed by atoms with van der Waals surface area (Å²) in [5.74, 6) is -0.334. The van der Waals surface area contributed by atoms with Gasteiger partial charge in [0.25, 0.3) is 5.69 Å². The average molecular weight is 462 g/mol. The predicted molar refractivity (Wildman–Crippen MR) is 130 cm³/mol. The van der Waals surface area contributed by atoms with E-state index in [-0.39, 0.29) is 11.5 Å². The lowest BCUT2D eigenvalue weighted by Crippen LogP contribution is -2.11. The van der Waals surface area contributed by atoms with Gasteiger partial charge in [-0.15, -0.1) is 11.3 Å². The molecular formula is C24H20FN5O2S. The van der Waals surface area contributed by atoms with Crippen molar-refractivity contribution in [2.75, 3.05) is 19.0 Å². The van der Waals surface area contributed by atoms with Crippen LogP contribution in [0.3, 0.4) is 0 Å². The Kier molecular flexibility index (Phi) is 6.41. The number of anilines is 1. The summed E-state index contributed by atoms with van der Waals surface area (Å²) in [5.41, 5.74) is 4.08. The van der Waals surface area contributed by atoms with Crippen molar-refractivity contribution in [1.29, 1.82) is 0 Å². The molecule has 9 heteroatoms. The first-order valence-electron chi connectivity index (χ1n) is 9.98. The number of aromatic nitrogens is 1. The molecule has 1 heterocycles. The fourth-order valence-electron chi connectivity index (χ4n) is 3.05. The number of hydrogen-bond acceptors (Lipinski definition) is 6. The third-order valence-corrected chi connectivity index (χ3v) is 5.66. The SMILES string of the molecule is CN(C)c1ccc(C=Nn2c(-c3ccc([N+](=O)[O-])cc3)csc2=Nc2ccc(F)cc2)cc1. The smallest absolute Gasteiger partial charge is 0.269 e. The summed E-state index contributed by atoms with van der Waals surface area (Å²) < 4.78 is 15.0. The molecule has 0 aliphatic rings. The van der Waals surface area contributed by atoms with Crippen LogP contribution in [-0.2, 0) is 0 Å². The first kappa shape index (κ1) is 22.1. The van der Waals surface area contributed by atoms with Crippen LogP contribution >= 0.6 is 11.3 Å². The van der Waals surface area contributed by atoms with Crippen molar-refractivity contribution >= 4 is 34.6 Å². The molecule has 33 heavy (non-hydrogen) atoms. The van der Waals surface area contributed by atoms with E-state index in [0.29, 0.717) is 10.5 Å². The van der Waals surface area contributed by atoms with Crippen LogP contribution in [0, 0.1) is 15.9 Å². The highest BCUT2D eigenvalue weighted by molar-refractivity contribution is 7.07. The molecule has 0 fully saturated rings. The van der Waals surface area contributed by atoms with Gasteiger partial charge in [0, 0.05) is 42.9 Å². The molecule has 0 radical (unpaired) electrons. The van der Waals surface area contributed by atoms with Crippen molar-refractivity contribution in [1.82, 2.24) is 4.68 Å². The van der Waals surface area contributed by atoms with Crippen LogP contribution in [0.1, 0.15) is 5.56 Å². The van der Waals surface area contributed by atoms with E-state index in [9.17, 15) is 14.5 Å². The molecule has 0 spiro atoms. The van der Waals surface area contributed by atoms with Crippen LogP contribution in [0.15, 0.2) is 88.3 Å². The van der Waals surface area contributed by atoms with Crippen LogP contribution in [0.5, 0.6) is 0 Å². The third kappa shape index (κ3) is 5.21. The van der Waals surface area contributed by atoms with Crippen molar-refractivity contribution in [2.24, 2.45) is 10.1 Å². The Balaban J connectivity index is 1.78. The largest absolute Gasteiger partial charge is 0.378 e. The van der Waals surface area contributed by atoms with Gasteiger partial charge in [0.1, 0.15) is 5.82 Å². The lowest BCUT2D eigenvalue weighted by Gasteiger charge is -2.11. The van der Waals surface area contributed by atoms with Crippen molar-refractivity contribution in [2.45, 2.75) is 0 Å². The maximum Gasteiger partial charge on any atom is 0.269 e. The number of halogens is 1. The Morgan fingerprint density at radius 2 is 1.67 bits per heavy atom. The number of hydrogen-bond donors (Lipinski definition) is 0. The summed E-state index contributed by atoms with van der Waals surface area (Å²) in [6.07, 6.45) is 1.73. The first-order chi connectivity index (χ1) is 15.9. The van der Waals surface area contributed by atoms with Gasteiger partial charge >= 0.3 is 0 Å². The minimum absolute atomic E-state index is 0.0150. The highest BCUT2D eigenvalue weighted by Gasteiger charge is 2.11. The van der Waals surface area contributed by atoms with Crippen molar-refractivity contribution in [3.05, 3.63) is 104 Å². The van der Waals surface area contributed by atoms with Crippen molar-refractivity contribution in [3.8, 4) is 11.3 Å². The lowest BCUT2D eigenvalue weighted by atomic mass is 10.1. The highest BCUT2D eigenvalue weighted by Crippen LogP contribution is 2.24. The zero-order valence-corrected chi connectivity index (χ0v) is 18.7. The van der Waals surface area contributed by atoms with E-state index in [1.54, 1.807) is 35.2 Å². The molecule has 0 N–H and O–H groups in total. The van der Waals surface area contributed by atoms with Gasteiger partial charge in [-0.1, -0.05) is 12.1 Å². The average Bonchev–Trinajstić information content (AvgIpc) is 3.21. The predicted octanol–water partition coefficient (Wildman–Crippen LogP) is 5.44. The second-order valence-electron chi connectivity index (χ2n) is 7.34. The van der Waals surface area contributed by atoms with E-state index in [4.69, 9.17) is 0 Å². The van der Waals surface area contributed by atoms with Crippen LogP contribution < -0.4 is 9.70 Å². The Labute approximate surface area is 193 Å². The molecule has 1 aromatic heterocycles. The molecule has 0 amide bonds. The van der Waals surface area contributed by atoms with Crippen LogP contribution in [0.2, 0.25) is 0 Å². The Hall–Kier alpha value is -4.11. The standard InChI is InChI=1S/C24H20FN5O2S/c1-28(2)21-11-3-17(4-12-21)15-26-29-23(18-5-13-22(14-6-18)30(31)32)16-33-24(29)27-20-9-7-19(25)8-10-20/h3-16H,1-2H3. The van der Waals surface area contributed by atoms with E-state index < -0.39 is 4.92 Å². The Bertz CT molecular complexity index is 1360. The van der Waals surface area contributed by atoms with E-state index in [1.807, 2.05) is 48.6 Å². The van der Waals surface area contributed by atoms with E-state index in [0.717, 1.165) is 22.5 Å². The summed E-state index contributed by atoms with van der Waals surface area (Å²) in [5, 5.41) is 17.5. The van der Waals surface area contributed by atoms with Crippen molar-refractivity contribution in [3.63, 3.8) is 0 Å². The van der Waals surface area contributed by atoms with Gasteiger partial charge in [-0.05, 0) is 54.1 Å². The number of benzene rings is 3. The van der Waals surface area contributed by atoms with E-state index in [1.165, 1.54) is 35.6 Å². The molecule has 0 bridgehead atoms. The second-order valence-corrected chi connectivity index (χ2v) is 8.17. The third-order valence-electron chi connectivity index (χ3n) is 4.84. The van der Waals surface area contributed by atoms with Gasteiger partial charge in [-0.25, -0.2) is 14.1 Å². The van der Waals surface area contributed by atoms with E-state index >= 15 is 0 Å². The first-order valence-corrected chi connectivity index (χ1v) is 10.9. The van der Waals surface area contributed by atoms with Gasteiger partial charge in [0.2, 0.25) is 4.80 Å². The normalized spacial score (nSPS) is 11.8. The molecule has 166 valence electrons. The maximum absolute atomic E-state index is 13.3. The number of nitro groups is 1. The minimum atomic E-state index is -0.434. The molecule has 0 aliphatic heterocycles. The molecular weight excluding hydrogens is 441 g/mol. The number of thiazole rings is 1. The van der Waals surface area contributed by atoms with E-state index in [2.05, 4.69) is 10.1 Å². The Morgan fingerprint density at radius 3 is 2.27 bits per heavy atom. The van der Waals surface area contributed by atoms with Crippen LogP contribution in [-0.4, -0.2) is 29.9 Å². The van der Waals surface area contributed by atoms with Crippen LogP contribution in [0.4, 0.5) is 21.5 Å². The number of nitro benzene ring substituents is 1. The molecule has 0 aliphatic carbocycles. The van der Waals surface area contributed by atoms with Gasteiger partial charge in [-0.3, -0.25) is 10.1 Å². The molecule has 0 saturated heterocycles. The highest BCUT2D eigenvalue weighted by atomic mass is 32.1. The second kappa shape index (κ2) is 9.58. The molecule has 3 aromatic carbocycles. The molecule has 4 rings (SSSR count). The molecule has 0 unspecified atom stereocenters. The number of non-ortho nitro benzene ring substituents is 1. The molecule has 7 nitrogen and oxygen atoms in total. The summed E-state index contributed by atoms with van der Waals surface area (Å²) in [4.78, 5) is 17.8. The molecule has 0 atom stereocenters. The van der Waals surface area contributed by atoms with Gasteiger partial charge in [-0.2, -0.15) is 5.10 Å². The fourth-order valence-corrected chi connectivity index (χ4v) is 3.91. The number of rotatable bonds is 6. The fraction of sp³-hybridized carbons (Fsp3) is 0.0833. The Morgan fingerprint density at radius 1 is 1.00 bits per heavy atom. The summed E-state index contributed by atoms with van der Waals surface area (Å²) >= 11 is 1.37. The molecule has 4 aromatic rings. The zero-order valence-electron chi connectivity index (χ0n) is 17.9. The lowest BCUT2D eigenvalue weighted by molar-refractivity contribution is -0.384. The topological polar surface area (TPSA) is 76.0 Å². The van der Waals surface area contributed by atoms with Gasteiger partial charge in [0.15, 0.2) is 0 Å². The molecule has 0 saturated carbocycles. The van der Waals surface area contributed by atoms with Crippen LogP contribution in [0.25, 0.3) is 11.3 Å². The zero-order chi connectivity index (χ0) is 23.4. The van der Waals surface area contributed by atoms with Gasteiger partial charge in [0.05, 0.1) is 22.5 Å². The summed E-state index contributed by atoms with van der Waals surface area (Å²) in [6, 6.07) is 20.1.